The van der Waals surface area contributed by atoms with Crippen molar-refractivity contribution in [1.29, 1.82) is 0 Å². The third-order valence-corrected chi connectivity index (χ3v) is 2.56. The van der Waals surface area contributed by atoms with Gasteiger partial charge in [0.05, 0.1) is 25.5 Å². The van der Waals surface area contributed by atoms with Gasteiger partial charge in [0.2, 0.25) is 0 Å². The molecule has 0 aliphatic rings. The largest absolute Gasteiger partial charge is 0.492 e. The van der Waals surface area contributed by atoms with E-state index >= 15 is 0 Å². The molecule has 1 amide bonds. The SMILES string of the molecule is CCOc1ccc(C(=O)NCCCOCCO)cc1N. The first-order valence-electron chi connectivity index (χ1n) is 6.68. The Kier molecular flexibility index (Phi) is 7.46. The molecule has 1 aromatic carbocycles. The topological polar surface area (TPSA) is 93.8 Å². The molecule has 1 rings (SSSR count). The van der Waals surface area contributed by atoms with Crippen molar-refractivity contribution in [2.75, 3.05) is 38.7 Å². The molecule has 6 nitrogen and oxygen atoms in total. The van der Waals surface area contributed by atoms with Gasteiger partial charge in [0, 0.05) is 18.7 Å². The predicted molar refractivity (Wildman–Crippen MR) is 76.9 cm³/mol. The molecule has 20 heavy (non-hydrogen) atoms. The molecule has 0 radical (unpaired) electrons. The number of nitrogen functional groups attached to an aromatic ring is 1. The molecular formula is C14H22N2O4. The minimum atomic E-state index is -0.179. The summed E-state index contributed by atoms with van der Waals surface area (Å²) in [5.74, 6) is 0.406. The fourth-order valence-corrected chi connectivity index (χ4v) is 1.62. The van der Waals surface area contributed by atoms with Gasteiger partial charge in [-0.3, -0.25) is 4.79 Å². The Morgan fingerprint density at radius 2 is 2.20 bits per heavy atom. The van der Waals surface area contributed by atoms with Crippen LogP contribution in [0.2, 0.25) is 0 Å². The number of aliphatic hydroxyl groups excluding tert-OH is 1. The Hall–Kier alpha value is -1.79. The van der Waals surface area contributed by atoms with E-state index in [-0.39, 0.29) is 12.5 Å². The highest BCUT2D eigenvalue weighted by Gasteiger charge is 2.08. The number of hydrogen-bond donors (Lipinski definition) is 3. The summed E-state index contributed by atoms with van der Waals surface area (Å²) in [4.78, 5) is 11.9. The summed E-state index contributed by atoms with van der Waals surface area (Å²) in [6.07, 6.45) is 0.693. The van der Waals surface area contributed by atoms with E-state index in [1.165, 1.54) is 0 Å². The molecule has 0 saturated heterocycles. The molecule has 0 heterocycles. The zero-order valence-electron chi connectivity index (χ0n) is 11.7. The number of amides is 1. The van der Waals surface area contributed by atoms with E-state index in [9.17, 15) is 4.79 Å². The van der Waals surface area contributed by atoms with E-state index in [2.05, 4.69) is 5.32 Å². The van der Waals surface area contributed by atoms with Crippen molar-refractivity contribution in [3.05, 3.63) is 23.8 Å². The average Bonchev–Trinajstić information content (AvgIpc) is 2.45. The minimum Gasteiger partial charge on any atom is -0.492 e. The van der Waals surface area contributed by atoms with Crippen LogP contribution >= 0.6 is 0 Å². The summed E-state index contributed by atoms with van der Waals surface area (Å²) in [6.45, 7) is 3.76. The molecule has 0 atom stereocenters. The van der Waals surface area contributed by atoms with E-state index in [0.29, 0.717) is 49.8 Å². The monoisotopic (exact) mass is 282 g/mol. The van der Waals surface area contributed by atoms with Crippen molar-refractivity contribution in [2.45, 2.75) is 13.3 Å². The smallest absolute Gasteiger partial charge is 0.251 e. The first-order valence-corrected chi connectivity index (χ1v) is 6.68. The highest BCUT2D eigenvalue weighted by molar-refractivity contribution is 5.95. The van der Waals surface area contributed by atoms with Crippen LogP contribution in [0, 0.1) is 0 Å². The van der Waals surface area contributed by atoms with Gasteiger partial charge < -0.3 is 25.6 Å². The summed E-state index contributed by atoms with van der Waals surface area (Å²) in [5.41, 5.74) is 6.76. The maximum absolute atomic E-state index is 11.9. The molecule has 0 bridgehead atoms. The summed E-state index contributed by atoms with van der Waals surface area (Å²) >= 11 is 0. The number of nitrogens with two attached hydrogens (primary N) is 1. The van der Waals surface area contributed by atoms with Crippen molar-refractivity contribution in [3.8, 4) is 5.75 Å². The quantitative estimate of drug-likeness (QED) is 0.460. The number of rotatable bonds is 9. The molecule has 0 unspecified atom stereocenters. The Labute approximate surface area is 118 Å². The Morgan fingerprint density at radius 3 is 2.85 bits per heavy atom. The first kappa shape index (κ1) is 16.3. The van der Waals surface area contributed by atoms with Crippen LogP contribution in [-0.2, 0) is 4.74 Å². The number of carbonyl (C=O) groups is 1. The van der Waals surface area contributed by atoms with Crippen LogP contribution in [0.15, 0.2) is 18.2 Å². The number of anilines is 1. The van der Waals surface area contributed by atoms with Crippen LogP contribution < -0.4 is 15.8 Å². The highest BCUT2D eigenvalue weighted by Crippen LogP contribution is 2.22. The van der Waals surface area contributed by atoms with Crippen LogP contribution in [0.25, 0.3) is 0 Å². The standard InChI is InChI=1S/C14H22N2O4/c1-2-20-13-5-4-11(10-12(13)15)14(18)16-6-3-8-19-9-7-17/h4-5,10,17H,2-3,6-9,15H2,1H3,(H,16,18). The molecule has 6 heteroatoms. The molecule has 0 fully saturated rings. The van der Waals surface area contributed by atoms with Crippen LogP contribution in [0.5, 0.6) is 5.75 Å². The average molecular weight is 282 g/mol. The van der Waals surface area contributed by atoms with Crippen LogP contribution in [0.1, 0.15) is 23.7 Å². The third kappa shape index (κ3) is 5.46. The van der Waals surface area contributed by atoms with Crippen LogP contribution in [0.4, 0.5) is 5.69 Å². The maximum atomic E-state index is 11.9. The first-order chi connectivity index (χ1) is 9.69. The number of nitrogens with one attached hydrogen (secondary N) is 1. The van der Waals surface area contributed by atoms with Crippen LogP contribution in [-0.4, -0.2) is 44.0 Å². The van der Waals surface area contributed by atoms with Gasteiger partial charge >= 0.3 is 0 Å². The lowest BCUT2D eigenvalue weighted by atomic mass is 10.1. The van der Waals surface area contributed by atoms with E-state index in [0.717, 1.165) is 0 Å². The molecule has 0 aromatic heterocycles. The number of aliphatic hydroxyl groups is 1. The zero-order chi connectivity index (χ0) is 14.8. The van der Waals surface area contributed by atoms with Crippen molar-refractivity contribution >= 4 is 11.6 Å². The molecule has 0 aliphatic heterocycles. The second kappa shape index (κ2) is 9.17. The zero-order valence-corrected chi connectivity index (χ0v) is 11.7. The lowest BCUT2D eigenvalue weighted by Gasteiger charge is -2.09. The van der Waals surface area contributed by atoms with Gasteiger partial charge in [0.15, 0.2) is 0 Å². The lowest BCUT2D eigenvalue weighted by molar-refractivity contribution is 0.0867. The van der Waals surface area contributed by atoms with Crippen LogP contribution in [0.3, 0.4) is 0 Å². The summed E-state index contributed by atoms with van der Waals surface area (Å²) in [6, 6.07) is 4.97. The summed E-state index contributed by atoms with van der Waals surface area (Å²) < 4.78 is 10.4. The highest BCUT2D eigenvalue weighted by atomic mass is 16.5. The molecule has 0 aliphatic carbocycles. The van der Waals surface area contributed by atoms with Gasteiger partial charge in [0.1, 0.15) is 5.75 Å². The van der Waals surface area contributed by atoms with E-state index in [1.807, 2.05) is 6.92 Å². The van der Waals surface area contributed by atoms with Crippen molar-refractivity contribution in [3.63, 3.8) is 0 Å². The number of carbonyl (C=O) groups excluding carboxylic acids is 1. The number of hydrogen-bond acceptors (Lipinski definition) is 5. The second-order valence-electron chi connectivity index (χ2n) is 4.13. The van der Waals surface area contributed by atoms with Gasteiger partial charge in [-0.15, -0.1) is 0 Å². The van der Waals surface area contributed by atoms with E-state index in [1.54, 1.807) is 18.2 Å². The molecule has 0 saturated carbocycles. The minimum absolute atomic E-state index is 0.0117. The summed E-state index contributed by atoms with van der Waals surface area (Å²) in [5, 5.41) is 11.3. The van der Waals surface area contributed by atoms with Gasteiger partial charge in [-0.05, 0) is 31.5 Å². The van der Waals surface area contributed by atoms with Gasteiger partial charge in [-0.2, -0.15) is 0 Å². The Balaban J connectivity index is 2.38. The fraction of sp³-hybridized carbons (Fsp3) is 0.500. The molecular weight excluding hydrogens is 260 g/mol. The fourth-order valence-electron chi connectivity index (χ4n) is 1.62. The number of benzene rings is 1. The molecule has 1 aromatic rings. The van der Waals surface area contributed by atoms with E-state index in [4.69, 9.17) is 20.3 Å². The molecule has 0 spiro atoms. The molecule has 112 valence electrons. The normalized spacial score (nSPS) is 10.3. The van der Waals surface area contributed by atoms with Gasteiger partial charge in [-0.25, -0.2) is 0 Å². The third-order valence-electron chi connectivity index (χ3n) is 2.56. The van der Waals surface area contributed by atoms with E-state index < -0.39 is 0 Å². The Morgan fingerprint density at radius 1 is 1.40 bits per heavy atom. The van der Waals surface area contributed by atoms with Gasteiger partial charge in [-0.1, -0.05) is 0 Å². The van der Waals surface area contributed by atoms with Crippen molar-refractivity contribution < 1.29 is 19.4 Å². The predicted octanol–water partition coefficient (Wildman–Crippen LogP) is 0.796. The number of ether oxygens (including phenoxy) is 2. The summed E-state index contributed by atoms with van der Waals surface area (Å²) in [7, 11) is 0. The Bertz CT molecular complexity index is 424. The second-order valence-corrected chi connectivity index (χ2v) is 4.13. The van der Waals surface area contributed by atoms with Crippen molar-refractivity contribution in [2.24, 2.45) is 0 Å². The molecule has 4 N–H and O–H groups in total. The lowest BCUT2D eigenvalue weighted by Crippen LogP contribution is -2.25. The van der Waals surface area contributed by atoms with Crippen molar-refractivity contribution in [1.82, 2.24) is 5.32 Å². The van der Waals surface area contributed by atoms with Gasteiger partial charge in [0.25, 0.3) is 5.91 Å². The maximum Gasteiger partial charge on any atom is 0.251 e.